The van der Waals surface area contributed by atoms with Crippen LogP contribution in [0.1, 0.15) is 40.8 Å². The fraction of sp³-hybridized carbons (Fsp3) is 0.238. The predicted molar refractivity (Wildman–Crippen MR) is 118 cm³/mol. The Hall–Kier alpha value is -1.93. The van der Waals surface area contributed by atoms with Crippen LogP contribution in [0.3, 0.4) is 0 Å². The van der Waals surface area contributed by atoms with Crippen LogP contribution in [0.4, 0.5) is 10.1 Å². The van der Waals surface area contributed by atoms with Crippen molar-refractivity contribution in [1.29, 1.82) is 0 Å². The van der Waals surface area contributed by atoms with Crippen molar-refractivity contribution in [3.05, 3.63) is 80.0 Å². The highest BCUT2D eigenvalue weighted by atomic mass is 79.9. The molecule has 1 amide bonds. The molecule has 0 aliphatic carbocycles. The number of benzene rings is 2. The number of amides is 1. The maximum absolute atomic E-state index is 13.8. The predicted octanol–water partition coefficient (Wildman–Crippen LogP) is 6.05. The van der Waals surface area contributed by atoms with E-state index in [0.29, 0.717) is 27.7 Å². The van der Waals surface area contributed by atoms with Crippen LogP contribution in [0.5, 0.6) is 0 Å². The normalized spacial score (nSPS) is 16.8. The number of rotatable bonds is 5. The first-order valence-corrected chi connectivity index (χ1v) is 10.7. The summed E-state index contributed by atoms with van der Waals surface area (Å²) in [6, 6.07) is 10.9. The Balaban J connectivity index is 1.93. The highest BCUT2D eigenvalue weighted by Gasteiger charge is 2.44. The molecule has 1 unspecified atom stereocenters. The fourth-order valence-corrected chi connectivity index (χ4v) is 4.80. The number of anilines is 1. The topological polar surface area (TPSA) is 47.4 Å². The molecule has 0 radical (unpaired) electrons. The minimum atomic E-state index is -0.549. The summed E-state index contributed by atoms with van der Waals surface area (Å²) in [5.74, 6) is -0.844. The van der Waals surface area contributed by atoms with Crippen LogP contribution in [0.15, 0.2) is 47.2 Å². The van der Waals surface area contributed by atoms with Gasteiger partial charge in [0.1, 0.15) is 11.9 Å². The number of fused-ring (bicyclic) bond motifs is 1. The van der Waals surface area contributed by atoms with Gasteiger partial charge in [-0.05, 0) is 58.7 Å². The summed E-state index contributed by atoms with van der Waals surface area (Å²) in [5, 5.41) is 0.526. The van der Waals surface area contributed by atoms with Crippen LogP contribution in [-0.2, 0) is 4.74 Å². The molecule has 0 N–H and O–H groups in total. The van der Waals surface area contributed by atoms with Crippen molar-refractivity contribution in [2.24, 2.45) is 0 Å². The molecule has 0 fully saturated rings. The average molecular weight is 513 g/mol. The number of ether oxygens (including phenoxy) is 1. The number of methoxy groups -OCH3 is 1. The summed E-state index contributed by atoms with van der Waals surface area (Å²) in [6.45, 7) is 2.42. The Morgan fingerprint density at radius 1 is 1.23 bits per heavy atom. The Kier molecular flexibility index (Phi) is 5.90. The second kappa shape index (κ2) is 8.30. The zero-order valence-electron chi connectivity index (χ0n) is 16.1. The van der Waals surface area contributed by atoms with Gasteiger partial charge in [0.05, 0.1) is 23.4 Å². The molecule has 30 heavy (non-hydrogen) atoms. The molecule has 3 aromatic rings. The quantitative estimate of drug-likeness (QED) is 0.418. The van der Waals surface area contributed by atoms with E-state index in [1.165, 1.54) is 18.2 Å². The second-order valence-electron chi connectivity index (χ2n) is 7.02. The second-order valence-corrected chi connectivity index (χ2v) is 8.57. The van der Waals surface area contributed by atoms with Gasteiger partial charge >= 0.3 is 0 Å². The van der Waals surface area contributed by atoms with Crippen LogP contribution < -0.4 is 4.90 Å². The van der Waals surface area contributed by atoms with E-state index < -0.39 is 11.9 Å². The van der Waals surface area contributed by atoms with Crippen LogP contribution in [0, 0.1) is 5.82 Å². The lowest BCUT2D eigenvalue weighted by atomic mass is 10.0. The average Bonchev–Trinajstić information content (AvgIpc) is 3.18. The molecule has 1 aliphatic rings. The molecule has 2 aromatic carbocycles. The van der Waals surface area contributed by atoms with Crippen LogP contribution in [-0.4, -0.2) is 29.2 Å². The third kappa shape index (κ3) is 3.54. The van der Waals surface area contributed by atoms with Crippen molar-refractivity contribution in [1.82, 2.24) is 9.55 Å². The van der Waals surface area contributed by atoms with Crippen LogP contribution >= 0.6 is 39.1 Å². The molecule has 4 rings (SSSR count). The molecule has 1 aromatic heterocycles. The maximum Gasteiger partial charge on any atom is 0.279 e. The lowest BCUT2D eigenvalue weighted by molar-refractivity contribution is 0.0989. The Morgan fingerprint density at radius 2 is 1.93 bits per heavy atom. The molecule has 0 saturated heterocycles. The molecule has 5 nitrogen and oxygen atoms in total. The summed E-state index contributed by atoms with van der Waals surface area (Å²) in [4.78, 5) is 19.5. The lowest BCUT2D eigenvalue weighted by Crippen LogP contribution is -2.30. The van der Waals surface area contributed by atoms with Crippen molar-refractivity contribution in [3.63, 3.8) is 0 Å². The van der Waals surface area contributed by atoms with E-state index in [1.807, 2.05) is 23.6 Å². The first kappa shape index (κ1) is 21.3. The number of carbonyl (C=O) groups is 1. The summed E-state index contributed by atoms with van der Waals surface area (Å²) in [7, 11) is 1.62. The molecule has 9 heteroatoms. The first-order valence-electron chi connectivity index (χ1n) is 9.14. The largest absolute Gasteiger partial charge is 0.383 e. The number of halogens is 4. The van der Waals surface area contributed by atoms with Gasteiger partial charge in [0, 0.05) is 17.8 Å². The van der Waals surface area contributed by atoms with Crippen molar-refractivity contribution in [3.8, 4) is 0 Å². The third-order valence-corrected chi connectivity index (χ3v) is 6.16. The summed E-state index contributed by atoms with van der Waals surface area (Å²) in [5.41, 5.74) is 2.36. The fourth-order valence-electron chi connectivity index (χ4n) is 3.78. The van der Waals surface area contributed by atoms with Crippen LogP contribution in [0.2, 0.25) is 10.0 Å². The van der Waals surface area contributed by atoms with E-state index in [1.54, 1.807) is 24.1 Å². The third-order valence-electron chi connectivity index (χ3n) is 5.06. The van der Waals surface area contributed by atoms with E-state index in [-0.39, 0.29) is 17.0 Å². The van der Waals surface area contributed by atoms with E-state index >= 15 is 0 Å². The smallest absolute Gasteiger partial charge is 0.279 e. The first-order chi connectivity index (χ1) is 14.3. The molecule has 1 aliphatic heterocycles. The van der Waals surface area contributed by atoms with Crippen molar-refractivity contribution >= 4 is 50.7 Å². The SMILES string of the molecule is COC[C@@H](C)n1c(Br)nc2c1C(c1ccc(Cl)cc1)N(c1ccc(F)c(Cl)c1)C2=O. The Bertz CT molecular complexity index is 1120. The Morgan fingerprint density at radius 3 is 2.57 bits per heavy atom. The van der Waals surface area contributed by atoms with Gasteiger partial charge in [0.15, 0.2) is 10.4 Å². The number of hydrogen-bond donors (Lipinski definition) is 0. The zero-order valence-corrected chi connectivity index (χ0v) is 19.2. The number of carbonyl (C=O) groups excluding carboxylic acids is 1. The van der Waals surface area contributed by atoms with Crippen molar-refractivity contribution in [2.75, 3.05) is 18.6 Å². The Labute approximate surface area is 191 Å². The van der Waals surface area contributed by atoms with E-state index in [4.69, 9.17) is 27.9 Å². The molecule has 0 bridgehead atoms. The van der Waals surface area contributed by atoms with Gasteiger partial charge < -0.3 is 9.30 Å². The standard InChI is InChI=1S/C21H17BrCl2FN3O2/c1-11(10-30-2)27-19-17(26-21(27)22)20(29)28(14-7-8-16(25)15(24)9-14)18(19)12-3-5-13(23)6-4-12/h3-9,11,18H,10H2,1-2H3/t11-,18?/m1/s1. The summed E-state index contributed by atoms with van der Waals surface area (Å²) < 4.78 is 21.6. The number of nitrogens with zero attached hydrogens (tertiary/aromatic N) is 3. The molecule has 2 atom stereocenters. The van der Waals surface area contributed by atoms with Gasteiger partial charge in [0.2, 0.25) is 0 Å². The molecular weight excluding hydrogens is 496 g/mol. The van der Waals surface area contributed by atoms with E-state index in [0.717, 1.165) is 11.3 Å². The molecular formula is C21H17BrCl2FN3O2. The lowest BCUT2D eigenvalue weighted by Gasteiger charge is -2.28. The van der Waals surface area contributed by atoms with Gasteiger partial charge in [0.25, 0.3) is 5.91 Å². The zero-order chi connectivity index (χ0) is 21.6. The van der Waals surface area contributed by atoms with Crippen molar-refractivity contribution in [2.45, 2.75) is 19.0 Å². The van der Waals surface area contributed by atoms with E-state index in [2.05, 4.69) is 20.9 Å². The van der Waals surface area contributed by atoms with Gasteiger partial charge in [-0.2, -0.15) is 0 Å². The minimum absolute atomic E-state index is 0.0588. The highest BCUT2D eigenvalue weighted by Crippen LogP contribution is 2.44. The van der Waals surface area contributed by atoms with Crippen molar-refractivity contribution < 1.29 is 13.9 Å². The summed E-state index contributed by atoms with van der Waals surface area (Å²) >= 11 is 15.6. The van der Waals surface area contributed by atoms with Crippen LogP contribution in [0.25, 0.3) is 0 Å². The number of hydrogen-bond acceptors (Lipinski definition) is 3. The highest BCUT2D eigenvalue weighted by molar-refractivity contribution is 9.10. The van der Waals surface area contributed by atoms with Gasteiger partial charge in [-0.15, -0.1) is 0 Å². The minimum Gasteiger partial charge on any atom is -0.383 e. The molecule has 156 valence electrons. The maximum atomic E-state index is 13.8. The molecule has 0 saturated carbocycles. The number of aromatic nitrogens is 2. The molecule has 2 heterocycles. The molecule has 0 spiro atoms. The van der Waals surface area contributed by atoms with Gasteiger partial charge in [-0.3, -0.25) is 9.69 Å². The monoisotopic (exact) mass is 511 g/mol. The van der Waals surface area contributed by atoms with E-state index in [9.17, 15) is 9.18 Å². The van der Waals surface area contributed by atoms with Gasteiger partial charge in [-0.25, -0.2) is 9.37 Å². The summed E-state index contributed by atoms with van der Waals surface area (Å²) in [6.07, 6.45) is 0. The number of imidazole rings is 1. The van der Waals surface area contributed by atoms with Gasteiger partial charge in [-0.1, -0.05) is 35.3 Å².